The lowest BCUT2D eigenvalue weighted by molar-refractivity contribution is -0.121. The molecule has 0 atom stereocenters. The van der Waals surface area contributed by atoms with Crippen molar-refractivity contribution in [1.29, 1.82) is 0 Å². The highest BCUT2D eigenvalue weighted by molar-refractivity contribution is 5.77. The quantitative estimate of drug-likeness (QED) is 0.757. The summed E-state index contributed by atoms with van der Waals surface area (Å²) in [5, 5.41) is 2.83. The number of imidazole rings is 1. The Morgan fingerprint density at radius 1 is 1.21 bits per heavy atom. The Hall–Kier alpha value is -2.89. The molecule has 1 amide bonds. The van der Waals surface area contributed by atoms with E-state index in [1.165, 1.54) is 24.3 Å². The number of nitrogens with one attached hydrogen (secondary N) is 1. The molecule has 3 aromatic rings. The highest BCUT2D eigenvalue weighted by Gasteiger charge is 2.08. The second-order valence-corrected chi connectivity index (χ2v) is 5.40. The number of fused-ring (bicyclic) bond motifs is 1. The average molecular weight is 327 g/mol. The maximum Gasteiger partial charge on any atom is 0.223 e. The van der Waals surface area contributed by atoms with Crippen molar-refractivity contribution in [2.75, 3.05) is 6.61 Å². The van der Waals surface area contributed by atoms with Crippen molar-refractivity contribution in [3.8, 4) is 5.75 Å². The van der Waals surface area contributed by atoms with Crippen LogP contribution in [0.1, 0.15) is 12.2 Å². The molecule has 2 aromatic carbocycles. The van der Waals surface area contributed by atoms with Crippen molar-refractivity contribution in [2.45, 2.75) is 13.0 Å². The summed E-state index contributed by atoms with van der Waals surface area (Å²) in [6.45, 7) is 0.598. The largest absolute Gasteiger partial charge is 0.493 e. The van der Waals surface area contributed by atoms with Crippen LogP contribution in [0.2, 0.25) is 0 Å². The minimum Gasteiger partial charge on any atom is -0.493 e. The molecule has 1 heterocycles. The zero-order valence-corrected chi connectivity index (χ0v) is 13.3. The van der Waals surface area contributed by atoms with Gasteiger partial charge in [-0.1, -0.05) is 12.1 Å². The fourth-order valence-corrected chi connectivity index (χ4v) is 2.41. The number of benzene rings is 2. The van der Waals surface area contributed by atoms with E-state index in [2.05, 4.69) is 10.3 Å². The lowest BCUT2D eigenvalue weighted by atomic mass is 10.3. The molecule has 0 aliphatic carbocycles. The minimum atomic E-state index is -0.317. The van der Waals surface area contributed by atoms with Gasteiger partial charge in [-0.25, -0.2) is 9.37 Å². The maximum atomic E-state index is 12.8. The van der Waals surface area contributed by atoms with Crippen molar-refractivity contribution in [3.63, 3.8) is 0 Å². The van der Waals surface area contributed by atoms with Crippen LogP contribution in [-0.2, 0) is 18.4 Å². The van der Waals surface area contributed by atoms with Crippen LogP contribution in [0, 0.1) is 5.82 Å². The Morgan fingerprint density at radius 2 is 1.96 bits per heavy atom. The van der Waals surface area contributed by atoms with E-state index in [1.54, 1.807) is 0 Å². The van der Waals surface area contributed by atoms with E-state index in [-0.39, 0.29) is 24.8 Å². The molecule has 6 heteroatoms. The molecule has 0 bridgehead atoms. The highest BCUT2D eigenvalue weighted by atomic mass is 19.1. The van der Waals surface area contributed by atoms with Gasteiger partial charge in [-0.05, 0) is 36.4 Å². The van der Waals surface area contributed by atoms with E-state index < -0.39 is 0 Å². The van der Waals surface area contributed by atoms with Crippen molar-refractivity contribution < 1.29 is 13.9 Å². The summed E-state index contributed by atoms with van der Waals surface area (Å²) in [4.78, 5) is 16.4. The first kappa shape index (κ1) is 16.0. The van der Waals surface area contributed by atoms with Gasteiger partial charge in [0.2, 0.25) is 5.91 Å². The van der Waals surface area contributed by atoms with E-state index >= 15 is 0 Å². The van der Waals surface area contributed by atoms with Gasteiger partial charge in [0.15, 0.2) is 0 Å². The average Bonchev–Trinajstić information content (AvgIpc) is 2.91. The Balaban J connectivity index is 1.48. The highest BCUT2D eigenvalue weighted by Crippen LogP contribution is 2.14. The third-order valence-corrected chi connectivity index (χ3v) is 3.73. The summed E-state index contributed by atoms with van der Waals surface area (Å²) in [5.41, 5.74) is 1.94. The lowest BCUT2D eigenvalue weighted by Gasteiger charge is -2.07. The number of aryl methyl sites for hydroxylation is 1. The van der Waals surface area contributed by atoms with Gasteiger partial charge in [-0.3, -0.25) is 4.79 Å². The number of ether oxygens (including phenoxy) is 1. The smallest absolute Gasteiger partial charge is 0.223 e. The number of carbonyl (C=O) groups excluding carboxylic acids is 1. The first-order valence-corrected chi connectivity index (χ1v) is 7.69. The molecule has 0 spiro atoms. The van der Waals surface area contributed by atoms with Crippen LogP contribution >= 0.6 is 0 Å². The summed E-state index contributed by atoms with van der Waals surface area (Å²) in [6, 6.07) is 13.5. The topological polar surface area (TPSA) is 56.2 Å². The van der Waals surface area contributed by atoms with E-state index in [4.69, 9.17) is 4.74 Å². The Morgan fingerprint density at radius 3 is 2.71 bits per heavy atom. The molecular formula is C18H18FN3O2. The molecule has 5 nitrogen and oxygen atoms in total. The van der Waals surface area contributed by atoms with Gasteiger partial charge in [0.25, 0.3) is 0 Å². The van der Waals surface area contributed by atoms with Gasteiger partial charge < -0.3 is 14.6 Å². The van der Waals surface area contributed by atoms with E-state index in [0.29, 0.717) is 12.3 Å². The third kappa shape index (κ3) is 3.71. The van der Waals surface area contributed by atoms with E-state index in [0.717, 1.165) is 16.9 Å². The predicted molar refractivity (Wildman–Crippen MR) is 89.1 cm³/mol. The molecule has 1 aromatic heterocycles. The lowest BCUT2D eigenvalue weighted by Crippen LogP contribution is -2.25. The van der Waals surface area contributed by atoms with Gasteiger partial charge in [-0.15, -0.1) is 0 Å². The number of hydrogen-bond donors (Lipinski definition) is 1. The molecule has 24 heavy (non-hydrogen) atoms. The summed E-state index contributed by atoms with van der Waals surface area (Å²) in [6.07, 6.45) is 0.224. The molecule has 0 aliphatic rings. The summed E-state index contributed by atoms with van der Waals surface area (Å²) >= 11 is 0. The standard InChI is InChI=1S/C18H18FN3O2/c1-22-16-5-3-2-4-15(16)21-17(22)12-20-18(23)10-11-24-14-8-6-13(19)7-9-14/h2-9H,10-12H2,1H3,(H,20,23). The Labute approximate surface area is 139 Å². The van der Waals surface area contributed by atoms with Gasteiger partial charge in [-0.2, -0.15) is 0 Å². The van der Waals surface area contributed by atoms with Crippen LogP contribution in [-0.4, -0.2) is 22.1 Å². The first-order valence-electron chi connectivity index (χ1n) is 7.69. The third-order valence-electron chi connectivity index (χ3n) is 3.73. The van der Waals surface area contributed by atoms with Crippen molar-refractivity contribution >= 4 is 16.9 Å². The second-order valence-electron chi connectivity index (χ2n) is 5.40. The number of rotatable bonds is 6. The van der Waals surface area contributed by atoms with E-state index in [1.807, 2.05) is 35.9 Å². The minimum absolute atomic E-state index is 0.121. The normalized spacial score (nSPS) is 10.8. The molecule has 0 fully saturated rings. The fourth-order valence-electron chi connectivity index (χ4n) is 2.41. The van der Waals surface area contributed by atoms with Crippen LogP contribution < -0.4 is 10.1 Å². The maximum absolute atomic E-state index is 12.8. The predicted octanol–water partition coefficient (Wildman–Crippen LogP) is 2.80. The summed E-state index contributed by atoms with van der Waals surface area (Å²) < 4.78 is 20.2. The number of para-hydroxylation sites is 2. The van der Waals surface area contributed by atoms with Crippen LogP contribution in [0.5, 0.6) is 5.75 Å². The number of nitrogens with zero attached hydrogens (tertiary/aromatic N) is 2. The van der Waals surface area contributed by atoms with Crippen LogP contribution in [0.25, 0.3) is 11.0 Å². The zero-order valence-electron chi connectivity index (χ0n) is 13.3. The van der Waals surface area contributed by atoms with Crippen LogP contribution in [0.3, 0.4) is 0 Å². The molecule has 0 saturated carbocycles. The number of aromatic nitrogens is 2. The monoisotopic (exact) mass is 327 g/mol. The summed E-state index contributed by atoms with van der Waals surface area (Å²) in [5.74, 6) is 0.898. The van der Waals surface area contributed by atoms with E-state index in [9.17, 15) is 9.18 Å². The zero-order chi connectivity index (χ0) is 16.9. The molecule has 0 unspecified atom stereocenters. The summed E-state index contributed by atoms with van der Waals surface area (Å²) in [7, 11) is 1.93. The number of hydrogen-bond acceptors (Lipinski definition) is 3. The van der Waals surface area contributed by atoms with Gasteiger partial charge >= 0.3 is 0 Å². The molecule has 124 valence electrons. The second kappa shape index (κ2) is 7.12. The molecule has 0 radical (unpaired) electrons. The number of halogens is 1. The SMILES string of the molecule is Cn1c(CNC(=O)CCOc2ccc(F)cc2)nc2ccccc21. The number of carbonyl (C=O) groups is 1. The van der Waals surface area contributed by atoms with Crippen LogP contribution in [0.15, 0.2) is 48.5 Å². The Bertz CT molecular complexity index is 843. The van der Waals surface area contributed by atoms with Gasteiger partial charge in [0.05, 0.1) is 30.6 Å². The first-order chi connectivity index (χ1) is 11.6. The molecule has 0 aliphatic heterocycles. The van der Waals surface area contributed by atoms with Crippen LogP contribution in [0.4, 0.5) is 4.39 Å². The fraction of sp³-hybridized carbons (Fsp3) is 0.222. The van der Waals surface area contributed by atoms with Gasteiger partial charge in [0, 0.05) is 7.05 Å². The molecule has 1 N–H and O–H groups in total. The van der Waals surface area contributed by atoms with Crippen molar-refractivity contribution in [1.82, 2.24) is 14.9 Å². The Kier molecular flexibility index (Phi) is 4.74. The molecular weight excluding hydrogens is 309 g/mol. The van der Waals surface area contributed by atoms with Gasteiger partial charge in [0.1, 0.15) is 17.4 Å². The number of amides is 1. The van der Waals surface area contributed by atoms with Crippen molar-refractivity contribution in [2.24, 2.45) is 7.05 Å². The molecule has 0 saturated heterocycles. The van der Waals surface area contributed by atoms with Crippen molar-refractivity contribution in [3.05, 3.63) is 60.2 Å². The molecule has 3 rings (SSSR count).